The summed E-state index contributed by atoms with van der Waals surface area (Å²) in [5, 5.41) is 3.96. The molecule has 1 saturated heterocycles. The second-order valence-electron chi connectivity index (χ2n) is 6.55. The summed E-state index contributed by atoms with van der Waals surface area (Å²) < 4.78 is 0. The third-order valence-corrected chi connectivity index (χ3v) is 5.72. The van der Waals surface area contributed by atoms with E-state index in [4.69, 9.17) is 34.8 Å². The van der Waals surface area contributed by atoms with Crippen molar-refractivity contribution >= 4 is 52.3 Å². The van der Waals surface area contributed by atoms with Crippen LogP contribution in [0.2, 0.25) is 15.1 Å². The van der Waals surface area contributed by atoms with Crippen LogP contribution >= 0.6 is 34.8 Å². The Balaban J connectivity index is 1.56. The van der Waals surface area contributed by atoms with Crippen LogP contribution in [0, 0.1) is 0 Å². The zero-order valence-electron chi connectivity index (χ0n) is 15.1. The highest BCUT2D eigenvalue weighted by atomic mass is 35.5. The highest BCUT2D eigenvalue weighted by Gasteiger charge is 2.23. The second kappa shape index (κ2) is 9.61. The molecule has 0 saturated carbocycles. The molecule has 28 heavy (non-hydrogen) atoms. The first-order valence-electron chi connectivity index (χ1n) is 8.95. The normalized spacial score (nSPS) is 15.2. The van der Waals surface area contributed by atoms with E-state index in [2.05, 4.69) is 5.32 Å². The van der Waals surface area contributed by atoms with E-state index in [9.17, 15) is 9.59 Å². The highest BCUT2D eigenvalue weighted by molar-refractivity contribution is 6.44. The van der Waals surface area contributed by atoms with E-state index in [-0.39, 0.29) is 18.4 Å². The molecule has 0 radical (unpaired) electrons. The quantitative estimate of drug-likeness (QED) is 0.765. The molecule has 148 valence electrons. The Bertz CT molecular complexity index is 876. The van der Waals surface area contributed by atoms with E-state index in [0.29, 0.717) is 46.0 Å². The van der Waals surface area contributed by atoms with Crippen molar-refractivity contribution in [2.45, 2.75) is 6.42 Å². The predicted molar refractivity (Wildman–Crippen MR) is 114 cm³/mol. The Hall–Kier alpha value is -1.79. The number of carbonyl (C=O) groups is 2. The molecule has 0 atom stereocenters. The number of rotatable bonds is 4. The van der Waals surface area contributed by atoms with Crippen LogP contribution in [-0.2, 0) is 4.79 Å². The summed E-state index contributed by atoms with van der Waals surface area (Å²) in [7, 11) is 0. The maximum atomic E-state index is 12.7. The van der Waals surface area contributed by atoms with Crippen LogP contribution < -0.4 is 5.32 Å². The standard InChI is InChI=1S/C20H20Cl3N3O2/c21-15-6-2-1-5-14(15)20(28)26-10-4-9-25(11-12-26)13-18(27)24-17-8-3-7-16(22)19(17)23/h1-3,5-8H,4,9-13H2,(H,24,27). The van der Waals surface area contributed by atoms with Crippen molar-refractivity contribution in [2.75, 3.05) is 38.0 Å². The van der Waals surface area contributed by atoms with E-state index in [0.717, 1.165) is 13.0 Å². The summed E-state index contributed by atoms with van der Waals surface area (Å²) in [6.07, 6.45) is 0.779. The van der Waals surface area contributed by atoms with Crippen molar-refractivity contribution in [1.29, 1.82) is 0 Å². The number of anilines is 1. The lowest BCUT2D eigenvalue weighted by atomic mass is 10.2. The van der Waals surface area contributed by atoms with E-state index in [1.165, 1.54) is 0 Å². The van der Waals surface area contributed by atoms with E-state index in [1.54, 1.807) is 47.4 Å². The Morgan fingerprint density at radius 3 is 2.43 bits per heavy atom. The molecule has 2 aromatic rings. The molecule has 0 unspecified atom stereocenters. The molecule has 1 heterocycles. The summed E-state index contributed by atoms with van der Waals surface area (Å²) in [5.41, 5.74) is 0.996. The van der Waals surface area contributed by atoms with Crippen LogP contribution in [-0.4, -0.2) is 54.3 Å². The lowest BCUT2D eigenvalue weighted by Gasteiger charge is -2.22. The number of amides is 2. The molecular weight excluding hydrogens is 421 g/mol. The summed E-state index contributed by atoms with van der Waals surface area (Å²) in [6.45, 7) is 2.71. The van der Waals surface area contributed by atoms with Crippen LogP contribution in [0.15, 0.2) is 42.5 Å². The first kappa shape index (κ1) is 20.9. The van der Waals surface area contributed by atoms with Crippen LogP contribution in [0.4, 0.5) is 5.69 Å². The van der Waals surface area contributed by atoms with Gasteiger partial charge in [0, 0.05) is 26.2 Å². The Kier molecular flexibility index (Phi) is 7.18. The molecule has 3 rings (SSSR count). The molecule has 1 aliphatic heterocycles. The Morgan fingerprint density at radius 2 is 1.64 bits per heavy atom. The molecule has 8 heteroatoms. The molecule has 1 aliphatic rings. The molecule has 2 aromatic carbocycles. The van der Waals surface area contributed by atoms with Crippen molar-refractivity contribution in [2.24, 2.45) is 0 Å². The fourth-order valence-electron chi connectivity index (χ4n) is 3.13. The molecule has 0 aliphatic carbocycles. The van der Waals surface area contributed by atoms with Crippen LogP contribution in [0.3, 0.4) is 0 Å². The van der Waals surface area contributed by atoms with Gasteiger partial charge in [-0.1, -0.05) is 53.0 Å². The number of halogens is 3. The monoisotopic (exact) mass is 439 g/mol. The minimum atomic E-state index is -0.171. The van der Waals surface area contributed by atoms with Crippen LogP contribution in [0.5, 0.6) is 0 Å². The van der Waals surface area contributed by atoms with Gasteiger partial charge < -0.3 is 10.2 Å². The topological polar surface area (TPSA) is 52.7 Å². The van der Waals surface area contributed by atoms with Crippen molar-refractivity contribution in [1.82, 2.24) is 9.80 Å². The molecule has 0 bridgehead atoms. The SMILES string of the molecule is O=C(CN1CCCN(C(=O)c2ccccc2Cl)CC1)Nc1cccc(Cl)c1Cl. The van der Waals surface area contributed by atoms with Gasteiger partial charge in [0.1, 0.15) is 0 Å². The summed E-state index contributed by atoms with van der Waals surface area (Å²) in [5.74, 6) is -0.252. The average molecular weight is 441 g/mol. The Labute approximate surface area is 179 Å². The maximum Gasteiger partial charge on any atom is 0.255 e. The minimum absolute atomic E-state index is 0.0809. The number of hydrogen-bond donors (Lipinski definition) is 1. The van der Waals surface area contributed by atoms with Gasteiger partial charge in [-0.2, -0.15) is 0 Å². The summed E-state index contributed by atoms with van der Waals surface area (Å²) in [6, 6.07) is 12.1. The van der Waals surface area contributed by atoms with Crippen molar-refractivity contribution < 1.29 is 9.59 Å². The predicted octanol–water partition coefficient (Wildman–Crippen LogP) is 4.43. The molecule has 0 spiro atoms. The lowest BCUT2D eigenvalue weighted by Crippen LogP contribution is -2.38. The molecule has 1 N–H and O–H groups in total. The van der Waals surface area contributed by atoms with Gasteiger partial charge in [-0.25, -0.2) is 0 Å². The fourth-order valence-corrected chi connectivity index (χ4v) is 3.69. The zero-order chi connectivity index (χ0) is 20.1. The first-order valence-corrected chi connectivity index (χ1v) is 10.1. The largest absolute Gasteiger partial charge is 0.337 e. The smallest absolute Gasteiger partial charge is 0.255 e. The number of carbonyl (C=O) groups excluding carboxylic acids is 2. The van der Waals surface area contributed by atoms with Gasteiger partial charge in [-0.05, 0) is 30.7 Å². The molecular formula is C20H20Cl3N3O2. The Morgan fingerprint density at radius 1 is 0.893 bits per heavy atom. The summed E-state index contributed by atoms with van der Waals surface area (Å²) in [4.78, 5) is 28.9. The number of hydrogen-bond acceptors (Lipinski definition) is 3. The second-order valence-corrected chi connectivity index (χ2v) is 7.74. The number of nitrogens with one attached hydrogen (secondary N) is 1. The van der Waals surface area contributed by atoms with E-state index in [1.807, 2.05) is 4.90 Å². The third-order valence-electron chi connectivity index (χ3n) is 4.57. The first-order chi connectivity index (χ1) is 13.5. The van der Waals surface area contributed by atoms with E-state index >= 15 is 0 Å². The van der Waals surface area contributed by atoms with Gasteiger partial charge in [0.05, 0.1) is 32.9 Å². The van der Waals surface area contributed by atoms with Crippen molar-refractivity contribution in [3.8, 4) is 0 Å². The van der Waals surface area contributed by atoms with E-state index < -0.39 is 0 Å². The fraction of sp³-hybridized carbons (Fsp3) is 0.300. The van der Waals surface area contributed by atoms with Crippen molar-refractivity contribution in [3.05, 3.63) is 63.1 Å². The molecule has 2 amide bonds. The number of nitrogens with zero attached hydrogens (tertiary/aromatic N) is 2. The minimum Gasteiger partial charge on any atom is -0.337 e. The maximum absolute atomic E-state index is 12.7. The van der Waals surface area contributed by atoms with Gasteiger partial charge in [0.15, 0.2) is 0 Å². The van der Waals surface area contributed by atoms with Crippen LogP contribution in [0.1, 0.15) is 16.8 Å². The average Bonchev–Trinajstić information content (AvgIpc) is 2.91. The molecule has 5 nitrogen and oxygen atoms in total. The van der Waals surface area contributed by atoms with Gasteiger partial charge in [-0.15, -0.1) is 0 Å². The van der Waals surface area contributed by atoms with Gasteiger partial charge >= 0.3 is 0 Å². The zero-order valence-corrected chi connectivity index (χ0v) is 17.4. The summed E-state index contributed by atoms with van der Waals surface area (Å²) >= 11 is 18.2. The third kappa shape index (κ3) is 5.17. The van der Waals surface area contributed by atoms with Gasteiger partial charge in [-0.3, -0.25) is 14.5 Å². The van der Waals surface area contributed by atoms with Gasteiger partial charge in [0.2, 0.25) is 5.91 Å². The van der Waals surface area contributed by atoms with Gasteiger partial charge in [0.25, 0.3) is 5.91 Å². The van der Waals surface area contributed by atoms with Crippen LogP contribution in [0.25, 0.3) is 0 Å². The molecule has 1 fully saturated rings. The molecule has 0 aromatic heterocycles. The highest BCUT2D eigenvalue weighted by Crippen LogP contribution is 2.29. The number of benzene rings is 2. The van der Waals surface area contributed by atoms with Crippen molar-refractivity contribution in [3.63, 3.8) is 0 Å². The lowest BCUT2D eigenvalue weighted by molar-refractivity contribution is -0.117.